The monoisotopic (exact) mass is 243 g/mol. The molecule has 0 aromatic carbocycles. The number of rotatable bonds is 3. The second kappa shape index (κ2) is 5.04. The van der Waals surface area contributed by atoms with E-state index in [4.69, 9.17) is 0 Å². The standard InChI is InChI=1S/C14H17N3O/c1-10-7-13(11(2)17(10)3)9-16-14(18)12-5-4-6-15-8-12/h4-8H,9H2,1-3H3,(H,16,18). The predicted octanol–water partition coefficient (Wildman–Crippen LogP) is 1.97. The molecule has 4 nitrogen and oxygen atoms in total. The zero-order valence-electron chi connectivity index (χ0n) is 10.9. The third-order valence-electron chi connectivity index (χ3n) is 3.24. The molecule has 0 saturated carbocycles. The van der Waals surface area contributed by atoms with E-state index in [9.17, 15) is 4.79 Å². The molecule has 18 heavy (non-hydrogen) atoms. The molecule has 0 bridgehead atoms. The lowest BCUT2D eigenvalue weighted by molar-refractivity contribution is 0.0950. The van der Waals surface area contributed by atoms with Gasteiger partial charge in [0.15, 0.2) is 0 Å². The predicted molar refractivity (Wildman–Crippen MR) is 70.3 cm³/mol. The van der Waals surface area contributed by atoms with Gasteiger partial charge < -0.3 is 9.88 Å². The summed E-state index contributed by atoms with van der Waals surface area (Å²) in [7, 11) is 2.02. The van der Waals surface area contributed by atoms with Gasteiger partial charge in [-0.2, -0.15) is 0 Å². The van der Waals surface area contributed by atoms with Crippen LogP contribution in [0.25, 0.3) is 0 Å². The van der Waals surface area contributed by atoms with Crippen LogP contribution in [0.2, 0.25) is 0 Å². The first-order chi connectivity index (χ1) is 8.59. The minimum absolute atomic E-state index is 0.0935. The lowest BCUT2D eigenvalue weighted by Crippen LogP contribution is -2.23. The third kappa shape index (κ3) is 2.42. The highest BCUT2D eigenvalue weighted by Crippen LogP contribution is 2.12. The number of carbonyl (C=O) groups is 1. The number of aryl methyl sites for hydroxylation is 1. The van der Waals surface area contributed by atoms with E-state index in [0.29, 0.717) is 12.1 Å². The number of hydrogen-bond donors (Lipinski definition) is 1. The van der Waals surface area contributed by atoms with E-state index in [-0.39, 0.29) is 5.91 Å². The van der Waals surface area contributed by atoms with Gasteiger partial charge in [-0.05, 0) is 37.6 Å². The molecule has 2 rings (SSSR count). The molecule has 2 heterocycles. The van der Waals surface area contributed by atoms with Gasteiger partial charge in [0, 0.05) is 37.4 Å². The maximum atomic E-state index is 11.9. The Morgan fingerprint density at radius 3 is 2.78 bits per heavy atom. The summed E-state index contributed by atoms with van der Waals surface area (Å²) >= 11 is 0. The van der Waals surface area contributed by atoms with Crippen LogP contribution in [0.1, 0.15) is 27.3 Å². The highest BCUT2D eigenvalue weighted by Gasteiger charge is 2.08. The summed E-state index contributed by atoms with van der Waals surface area (Å²) < 4.78 is 2.12. The number of nitrogens with zero attached hydrogens (tertiary/aromatic N) is 2. The van der Waals surface area contributed by atoms with Crippen molar-refractivity contribution in [3.05, 3.63) is 53.1 Å². The molecule has 2 aromatic heterocycles. The van der Waals surface area contributed by atoms with Crippen molar-refractivity contribution in [3.63, 3.8) is 0 Å². The van der Waals surface area contributed by atoms with Gasteiger partial charge in [-0.1, -0.05) is 0 Å². The van der Waals surface area contributed by atoms with Crippen molar-refractivity contribution < 1.29 is 4.79 Å². The van der Waals surface area contributed by atoms with Crippen molar-refractivity contribution in [1.29, 1.82) is 0 Å². The minimum Gasteiger partial charge on any atom is -0.352 e. The fourth-order valence-corrected chi connectivity index (χ4v) is 1.89. The molecule has 2 aromatic rings. The topological polar surface area (TPSA) is 46.9 Å². The Balaban J connectivity index is 2.04. The summed E-state index contributed by atoms with van der Waals surface area (Å²) in [5.74, 6) is -0.0935. The first kappa shape index (κ1) is 12.4. The molecule has 0 spiro atoms. The second-order valence-electron chi connectivity index (χ2n) is 4.38. The average Bonchev–Trinajstić information content (AvgIpc) is 2.64. The van der Waals surface area contributed by atoms with E-state index in [0.717, 1.165) is 5.56 Å². The highest BCUT2D eigenvalue weighted by atomic mass is 16.1. The van der Waals surface area contributed by atoms with Gasteiger partial charge in [-0.15, -0.1) is 0 Å². The summed E-state index contributed by atoms with van der Waals surface area (Å²) in [5.41, 5.74) is 4.10. The highest BCUT2D eigenvalue weighted by molar-refractivity contribution is 5.93. The van der Waals surface area contributed by atoms with Gasteiger partial charge in [0.25, 0.3) is 5.91 Å². The Morgan fingerprint density at radius 2 is 2.22 bits per heavy atom. The first-order valence-corrected chi connectivity index (χ1v) is 5.89. The van der Waals surface area contributed by atoms with Crippen molar-refractivity contribution in [3.8, 4) is 0 Å². The molecule has 94 valence electrons. The molecular formula is C14H17N3O. The van der Waals surface area contributed by atoms with Gasteiger partial charge in [-0.25, -0.2) is 0 Å². The van der Waals surface area contributed by atoms with E-state index >= 15 is 0 Å². The quantitative estimate of drug-likeness (QED) is 0.895. The van der Waals surface area contributed by atoms with Crippen LogP contribution in [0, 0.1) is 13.8 Å². The number of carbonyl (C=O) groups excluding carboxylic acids is 1. The smallest absolute Gasteiger partial charge is 0.253 e. The number of nitrogens with one attached hydrogen (secondary N) is 1. The van der Waals surface area contributed by atoms with Gasteiger partial charge in [0.1, 0.15) is 0 Å². The minimum atomic E-state index is -0.0935. The van der Waals surface area contributed by atoms with Crippen LogP contribution in [0.15, 0.2) is 30.6 Å². The summed E-state index contributed by atoms with van der Waals surface area (Å²) in [6.45, 7) is 4.65. The maximum absolute atomic E-state index is 11.9. The van der Waals surface area contributed by atoms with Crippen LogP contribution in [0.5, 0.6) is 0 Å². The number of pyridine rings is 1. The van der Waals surface area contributed by atoms with Gasteiger partial charge in [-0.3, -0.25) is 9.78 Å². The van der Waals surface area contributed by atoms with Crippen LogP contribution < -0.4 is 5.32 Å². The molecule has 0 aliphatic heterocycles. The summed E-state index contributed by atoms with van der Waals surface area (Å²) in [6.07, 6.45) is 3.22. The lowest BCUT2D eigenvalue weighted by Gasteiger charge is -2.05. The Hall–Kier alpha value is -2.10. The van der Waals surface area contributed by atoms with Crippen molar-refractivity contribution in [1.82, 2.24) is 14.9 Å². The Morgan fingerprint density at radius 1 is 1.44 bits per heavy atom. The van der Waals surface area contributed by atoms with Gasteiger partial charge in [0.2, 0.25) is 0 Å². The summed E-state index contributed by atoms with van der Waals surface area (Å²) in [5, 5.41) is 2.90. The van der Waals surface area contributed by atoms with Crippen molar-refractivity contribution in [2.24, 2.45) is 7.05 Å². The van der Waals surface area contributed by atoms with E-state index in [1.165, 1.54) is 11.4 Å². The number of aromatic nitrogens is 2. The molecule has 0 aliphatic rings. The van der Waals surface area contributed by atoms with Crippen LogP contribution in [0.4, 0.5) is 0 Å². The van der Waals surface area contributed by atoms with Crippen LogP contribution in [-0.2, 0) is 13.6 Å². The summed E-state index contributed by atoms with van der Waals surface area (Å²) in [6, 6.07) is 5.61. The third-order valence-corrected chi connectivity index (χ3v) is 3.24. The molecule has 0 saturated heterocycles. The average molecular weight is 243 g/mol. The summed E-state index contributed by atoms with van der Waals surface area (Å²) in [4.78, 5) is 15.8. The fraction of sp³-hybridized carbons (Fsp3) is 0.286. The largest absolute Gasteiger partial charge is 0.352 e. The van der Waals surface area contributed by atoms with Crippen molar-refractivity contribution >= 4 is 5.91 Å². The van der Waals surface area contributed by atoms with E-state index in [2.05, 4.69) is 34.8 Å². The maximum Gasteiger partial charge on any atom is 0.253 e. The van der Waals surface area contributed by atoms with E-state index < -0.39 is 0 Å². The number of hydrogen-bond acceptors (Lipinski definition) is 2. The van der Waals surface area contributed by atoms with Crippen molar-refractivity contribution in [2.45, 2.75) is 20.4 Å². The molecule has 0 radical (unpaired) electrons. The lowest BCUT2D eigenvalue weighted by atomic mass is 10.2. The van der Waals surface area contributed by atoms with Crippen LogP contribution in [0.3, 0.4) is 0 Å². The second-order valence-corrected chi connectivity index (χ2v) is 4.38. The zero-order valence-corrected chi connectivity index (χ0v) is 10.9. The molecule has 0 fully saturated rings. The Labute approximate surface area is 107 Å². The molecule has 1 N–H and O–H groups in total. The fourth-order valence-electron chi connectivity index (χ4n) is 1.89. The SMILES string of the molecule is Cc1cc(CNC(=O)c2cccnc2)c(C)n1C. The van der Waals surface area contributed by atoms with Gasteiger partial charge in [0.05, 0.1) is 5.56 Å². The first-order valence-electron chi connectivity index (χ1n) is 5.89. The normalized spacial score (nSPS) is 10.4. The van der Waals surface area contributed by atoms with Crippen molar-refractivity contribution in [2.75, 3.05) is 0 Å². The Bertz CT molecular complexity index is 558. The van der Waals surface area contributed by atoms with Crippen LogP contribution >= 0.6 is 0 Å². The zero-order chi connectivity index (χ0) is 13.1. The van der Waals surface area contributed by atoms with Crippen LogP contribution in [-0.4, -0.2) is 15.5 Å². The molecule has 0 aliphatic carbocycles. The molecule has 4 heteroatoms. The van der Waals surface area contributed by atoms with E-state index in [1.54, 1.807) is 24.5 Å². The molecule has 0 unspecified atom stereocenters. The number of amides is 1. The molecule has 0 atom stereocenters. The Kier molecular flexibility index (Phi) is 3.46. The molecule has 1 amide bonds. The molecular weight excluding hydrogens is 226 g/mol. The van der Waals surface area contributed by atoms with E-state index in [1.807, 2.05) is 7.05 Å². The van der Waals surface area contributed by atoms with Gasteiger partial charge >= 0.3 is 0 Å².